The van der Waals surface area contributed by atoms with Gasteiger partial charge in [0, 0.05) is 23.0 Å². The number of carbonyl (C=O) groups is 2. The van der Waals surface area contributed by atoms with E-state index in [0.29, 0.717) is 4.88 Å². The van der Waals surface area contributed by atoms with E-state index in [9.17, 15) is 22.8 Å². The lowest BCUT2D eigenvalue weighted by Gasteiger charge is -2.29. The molecule has 2 aromatic rings. The third kappa shape index (κ3) is 4.19. The van der Waals surface area contributed by atoms with Crippen LogP contribution in [0.1, 0.15) is 16.4 Å². The zero-order valence-corrected chi connectivity index (χ0v) is 16.2. The van der Waals surface area contributed by atoms with Gasteiger partial charge in [-0.3, -0.25) is 0 Å². The molecule has 0 aliphatic carbocycles. The lowest BCUT2D eigenvalue weighted by molar-refractivity contribution is -0.138. The van der Waals surface area contributed by atoms with Crippen LogP contribution >= 0.6 is 11.3 Å². The fraction of sp³-hybridized carbons (Fsp3) is 0.200. The Morgan fingerprint density at radius 1 is 1.00 bits per heavy atom. The topological polar surface area (TPSA) is 55.8 Å². The van der Waals surface area contributed by atoms with Crippen molar-refractivity contribution in [2.45, 2.75) is 12.1 Å². The zero-order chi connectivity index (χ0) is 21.2. The van der Waals surface area contributed by atoms with Gasteiger partial charge in [0.05, 0.1) is 36.8 Å². The predicted octanol–water partition coefficient (Wildman–Crippen LogP) is 4.48. The molecule has 0 saturated heterocycles. The fourth-order valence-electron chi connectivity index (χ4n) is 2.98. The van der Waals surface area contributed by atoms with E-state index in [4.69, 9.17) is 9.47 Å². The Balaban J connectivity index is 2.16. The second-order valence-electron chi connectivity index (χ2n) is 6.06. The van der Waals surface area contributed by atoms with Crippen LogP contribution in [0.4, 0.5) is 18.9 Å². The number of methoxy groups -OCH3 is 2. The van der Waals surface area contributed by atoms with E-state index in [1.807, 2.05) is 0 Å². The van der Waals surface area contributed by atoms with Crippen LogP contribution in [0.15, 0.2) is 65.3 Å². The number of ether oxygens (including phenoxy) is 2. The largest absolute Gasteiger partial charge is 0.466 e. The number of hydrogen-bond donors (Lipinski definition) is 0. The van der Waals surface area contributed by atoms with Crippen molar-refractivity contribution in [2.75, 3.05) is 19.1 Å². The summed E-state index contributed by atoms with van der Waals surface area (Å²) in [5, 5.41) is 1.79. The Morgan fingerprint density at radius 3 is 2.10 bits per heavy atom. The Morgan fingerprint density at radius 2 is 1.62 bits per heavy atom. The molecule has 0 amide bonds. The van der Waals surface area contributed by atoms with Crippen LogP contribution in [-0.2, 0) is 25.2 Å². The van der Waals surface area contributed by atoms with Crippen LogP contribution < -0.4 is 4.90 Å². The van der Waals surface area contributed by atoms with Crippen LogP contribution in [0, 0.1) is 0 Å². The normalized spacial score (nSPS) is 14.9. The molecule has 5 nitrogen and oxygen atoms in total. The molecule has 1 aliphatic heterocycles. The van der Waals surface area contributed by atoms with Crippen LogP contribution in [-0.4, -0.2) is 26.2 Å². The fourth-order valence-corrected chi connectivity index (χ4v) is 3.85. The highest BCUT2D eigenvalue weighted by Crippen LogP contribution is 2.41. The first-order valence-corrected chi connectivity index (χ1v) is 9.23. The average molecular weight is 423 g/mol. The maximum atomic E-state index is 13.1. The number of esters is 2. The lowest BCUT2D eigenvalue weighted by Crippen LogP contribution is -2.28. The van der Waals surface area contributed by atoms with Crippen LogP contribution in [0.3, 0.4) is 0 Å². The standard InChI is InChI=1S/C20H16F3NO4S/c1-27-18(25)14-10-24(13-6-3-5-12(9-13)20(21,22)23)11-15(19(26)28-2)17(14)16-7-4-8-29-16/h3-11,17H,1-2H3. The maximum absolute atomic E-state index is 13.1. The van der Waals surface area contributed by atoms with Crippen LogP contribution in [0.2, 0.25) is 0 Å². The summed E-state index contributed by atoms with van der Waals surface area (Å²) in [5.41, 5.74) is -0.505. The highest BCUT2D eigenvalue weighted by atomic mass is 32.1. The summed E-state index contributed by atoms with van der Waals surface area (Å²) in [4.78, 5) is 26.9. The molecule has 9 heteroatoms. The van der Waals surface area contributed by atoms with Gasteiger partial charge in [-0.2, -0.15) is 13.2 Å². The number of thiophene rings is 1. The van der Waals surface area contributed by atoms with E-state index >= 15 is 0 Å². The number of benzene rings is 1. The van der Waals surface area contributed by atoms with Crippen molar-refractivity contribution in [1.29, 1.82) is 0 Å². The first kappa shape index (κ1) is 20.7. The van der Waals surface area contributed by atoms with Crippen molar-refractivity contribution >= 4 is 29.0 Å². The molecule has 0 N–H and O–H groups in total. The van der Waals surface area contributed by atoms with Gasteiger partial charge in [-0.25, -0.2) is 9.59 Å². The second kappa shape index (κ2) is 8.12. The first-order valence-electron chi connectivity index (χ1n) is 8.35. The van der Waals surface area contributed by atoms with E-state index in [-0.39, 0.29) is 16.8 Å². The highest BCUT2D eigenvalue weighted by molar-refractivity contribution is 7.10. The molecular weight excluding hydrogens is 407 g/mol. The first-order chi connectivity index (χ1) is 13.8. The quantitative estimate of drug-likeness (QED) is 0.679. The van der Waals surface area contributed by atoms with Crippen molar-refractivity contribution in [1.82, 2.24) is 0 Å². The Labute approximate surface area is 168 Å². The van der Waals surface area contributed by atoms with Gasteiger partial charge in [0.25, 0.3) is 0 Å². The minimum atomic E-state index is -4.53. The van der Waals surface area contributed by atoms with Crippen molar-refractivity contribution in [2.24, 2.45) is 0 Å². The average Bonchev–Trinajstić information content (AvgIpc) is 3.25. The third-order valence-electron chi connectivity index (χ3n) is 4.32. The number of nitrogens with zero attached hydrogens (tertiary/aromatic N) is 1. The van der Waals surface area contributed by atoms with Crippen molar-refractivity contribution in [3.8, 4) is 0 Å². The molecule has 1 aromatic heterocycles. The van der Waals surface area contributed by atoms with E-state index in [1.54, 1.807) is 17.5 Å². The summed E-state index contributed by atoms with van der Waals surface area (Å²) in [6.07, 6.45) is -1.79. The summed E-state index contributed by atoms with van der Waals surface area (Å²) >= 11 is 1.33. The molecule has 1 aliphatic rings. The minimum absolute atomic E-state index is 0.107. The van der Waals surface area contributed by atoms with Crippen LogP contribution in [0.25, 0.3) is 0 Å². The summed E-state index contributed by atoms with van der Waals surface area (Å²) < 4.78 is 49.0. The number of alkyl halides is 3. The summed E-state index contributed by atoms with van der Waals surface area (Å²) in [6, 6.07) is 8.09. The number of anilines is 1. The molecule has 0 radical (unpaired) electrons. The lowest BCUT2D eigenvalue weighted by atomic mass is 9.87. The molecule has 0 bridgehead atoms. The van der Waals surface area contributed by atoms with E-state index in [0.717, 1.165) is 12.1 Å². The molecule has 0 atom stereocenters. The molecule has 29 heavy (non-hydrogen) atoms. The molecule has 0 unspecified atom stereocenters. The van der Waals surface area contributed by atoms with Crippen molar-refractivity contribution in [3.63, 3.8) is 0 Å². The van der Waals surface area contributed by atoms with E-state index in [2.05, 4.69) is 0 Å². The monoisotopic (exact) mass is 423 g/mol. The summed E-state index contributed by atoms with van der Waals surface area (Å²) in [6.45, 7) is 0. The molecule has 1 aromatic carbocycles. The number of rotatable bonds is 4. The third-order valence-corrected chi connectivity index (χ3v) is 5.26. The summed E-state index contributed by atoms with van der Waals surface area (Å²) in [7, 11) is 2.39. The predicted molar refractivity (Wildman–Crippen MR) is 101 cm³/mol. The zero-order valence-electron chi connectivity index (χ0n) is 15.4. The summed E-state index contributed by atoms with van der Waals surface area (Å²) in [5.74, 6) is -2.15. The molecule has 152 valence electrons. The second-order valence-corrected chi connectivity index (χ2v) is 7.04. The molecular formula is C20H16F3NO4S. The highest BCUT2D eigenvalue weighted by Gasteiger charge is 2.36. The van der Waals surface area contributed by atoms with Gasteiger partial charge in [-0.05, 0) is 29.6 Å². The van der Waals surface area contributed by atoms with Gasteiger partial charge < -0.3 is 14.4 Å². The number of halogens is 3. The molecule has 0 spiro atoms. The minimum Gasteiger partial charge on any atom is -0.466 e. The van der Waals surface area contributed by atoms with Crippen molar-refractivity contribution in [3.05, 3.63) is 75.8 Å². The Bertz CT molecular complexity index is 946. The Kier molecular flexibility index (Phi) is 5.78. The van der Waals surface area contributed by atoms with Gasteiger partial charge in [0.15, 0.2) is 0 Å². The molecule has 0 saturated carbocycles. The van der Waals surface area contributed by atoms with Gasteiger partial charge in [-0.15, -0.1) is 11.3 Å². The SMILES string of the molecule is COC(=O)C1=CN(c2cccc(C(F)(F)F)c2)C=C(C(=O)OC)C1c1cccs1. The van der Waals surface area contributed by atoms with Gasteiger partial charge in [0.2, 0.25) is 0 Å². The number of carbonyl (C=O) groups excluding carboxylic acids is 2. The van der Waals surface area contributed by atoms with Gasteiger partial charge in [-0.1, -0.05) is 12.1 Å². The maximum Gasteiger partial charge on any atom is 0.416 e. The molecule has 2 heterocycles. The van der Waals surface area contributed by atoms with Crippen molar-refractivity contribution < 1.29 is 32.2 Å². The van der Waals surface area contributed by atoms with Gasteiger partial charge >= 0.3 is 18.1 Å². The van der Waals surface area contributed by atoms with E-state index in [1.165, 1.54) is 55.0 Å². The molecule has 0 fully saturated rings. The molecule has 3 rings (SSSR count). The number of hydrogen-bond acceptors (Lipinski definition) is 6. The smallest absolute Gasteiger partial charge is 0.416 e. The Hall–Kier alpha value is -3.07. The van der Waals surface area contributed by atoms with Gasteiger partial charge in [0.1, 0.15) is 0 Å². The van der Waals surface area contributed by atoms with Crippen LogP contribution in [0.5, 0.6) is 0 Å². The van der Waals surface area contributed by atoms with E-state index < -0.39 is 29.6 Å².